The number of hydrazone groups is 1. The number of carbonyl (C=O) groups excluding carboxylic acids is 2. The highest BCUT2D eigenvalue weighted by atomic mass is 32.2. The van der Waals surface area contributed by atoms with Gasteiger partial charge in [0.15, 0.2) is 6.61 Å². The van der Waals surface area contributed by atoms with Crippen LogP contribution in [-0.2, 0) is 20.1 Å². The number of esters is 1. The van der Waals surface area contributed by atoms with Crippen LogP contribution in [0.2, 0.25) is 0 Å². The number of nitrogens with one attached hydrogen (secondary N) is 1. The highest BCUT2D eigenvalue weighted by Crippen LogP contribution is 2.12. The Bertz CT molecular complexity index is 783. The number of hydrogen-bond acceptors (Lipinski definition) is 7. The topological polar surface area (TPSA) is 77.0 Å². The van der Waals surface area contributed by atoms with Crippen LogP contribution in [0.1, 0.15) is 11.1 Å². The molecule has 0 saturated heterocycles. The van der Waals surface area contributed by atoms with E-state index < -0.39 is 5.97 Å². The minimum Gasteiger partial charge on any atom is -0.482 e. The molecule has 8 heteroatoms. The molecule has 0 unspecified atom stereocenters. The number of nitrogens with zero attached hydrogens (tertiary/aromatic N) is 1. The van der Waals surface area contributed by atoms with Gasteiger partial charge in [-0.15, -0.1) is 11.8 Å². The van der Waals surface area contributed by atoms with Crippen molar-refractivity contribution in [1.29, 1.82) is 0 Å². The van der Waals surface area contributed by atoms with E-state index in [0.717, 1.165) is 17.1 Å². The summed E-state index contributed by atoms with van der Waals surface area (Å²) in [6.45, 7) is 0.258. The highest BCUT2D eigenvalue weighted by molar-refractivity contribution is 7.99. The maximum atomic E-state index is 11.8. The lowest BCUT2D eigenvalue weighted by atomic mass is 10.2. The van der Waals surface area contributed by atoms with E-state index >= 15 is 0 Å². The van der Waals surface area contributed by atoms with Crippen molar-refractivity contribution in [3.8, 4) is 5.75 Å². The Hall–Kier alpha value is -2.45. The van der Waals surface area contributed by atoms with Crippen molar-refractivity contribution >= 4 is 41.6 Å². The third-order valence-electron chi connectivity index (χ3n) is 3.53. The van der Waals surface area contributed by atoms with E-state index in [-0.39, 0.29) is 12.5 Å². The zero-order valence-electron chi connectivity index (χ0n) is 16.2. The van der Waals surface area contributed by atoms with Gasteiger partial charge < -0.3 is 9.47 Å². The molecule has 1 N–H and O–H groups in total. The largest absolute Gasteiger partial charge is 0.482 e. The molecule has 154 valence electrons. The minimum atomic E-state index is -0.391. The number of ether oxygens (including phenoxy) is 2. The van der Waals surface area contributed by atoms with E-state index in [1.54, 1.807) is 42.2 Å². The molecule has 0 atom stereocenters. The van der Waals surface area contributed by atoms with Gasteiger partial charge in [0.2, 0.25) is 5.91 Å². The summed E-state index contributed by atoms with van der Waals surface area (Å²) in [6, 6.07) is 17.0. The molecule has 2 aromatic carbocycles. The number of thioether (sulfide) groups is 2. The summed E-state index contributed by atoms with van der Waals surface area (Å²) in [5.41, 5.74) is 4.50. The molecule has 29 heavy (non-hydrogen) atoms. The Morgan fingerprint density at radius 1 is 1.10 bits per heavy atom. The molecule has 6 nitrogen and oxygen atoms in total. The molecule has 0 bridgehead atoms. The fourth-order valence-electron chi connectivity index (χ4n) is 2.12. The fourth-order valence-corrected chi connectivity index (χ4v) is 3.15. The normalized spacial score (nSPS) is 10.7. The monoisotopic (exact) mass is 432 g/mol. The summed E-state index contributed by atoms with van der Waals surface area (Å²) < 4.78 is 10.4. The molecular formula is C21H24N2O4S2. The van der Waals surface area contributed by atoms with Crippen molar-refractivity contribution < 1.29 is 19.1 Å². The molecular weight excluding hydrogens is 408 g/mol. The van der Waals surface area contributed by atoms with E-state index in [9.17, 15) is 9.59 Å². The average Bonchev–Trinajstić information content (AvgIpc) is 2.74. The molecule has 0 heterocycles. The summed E-state index contributed by atoms with van der Waals surface area (Å²) in [5, 5.41) is 3.96. The fraction of sp³-hybridized carbons (Fsp3) is 0.286. The van der Waals surface area contributed by atoms with Crippen LogP contribution >= 0.6 is 23.5 Å². The van der Waals surface area contributed by atoms with Gasteiger partial charge in [0, 0.05) is 11.5 Å². The molecule has 2 rings (SSSR count). The van der Waals surface area contributed by atoms with Crippen molar-refractivity contribution in [2.75, 3.05) is 31.0 Å². The lowest BCUT2D eigenvalue weighted by Gasteiger charge is -2.06. The Balaban J connectivity index is 1.64. The zero-order chi connectivity index (χ0) is 20.7. The van der Waals surface area contributed by atoms with Gasteiger partial charge in [-0.1, -0.05) is 30.3 Å². The summed E-state index contributed by atoms with van der Waals surface area (Å²) in [5.74, 6) is 1.91. The van der Waals surface area contributed by atoms with Crippen LogP contribution in [0.25, 0.3) is 0 Å². The Kier molecular flexibility index (Phi) is 10.8. The number of carbonyl (C=O) groups is 2. The van der Waals surface area contributed by atoms with Gasteiger partial charge in [0.25, 0.3) is 0 Å². The van der Waals surface area contributed by atoms with E-state index in [4.69, 9.17) is 9.47 Å². The van der Waals surface area contributed by atoms with Crippen LogP contribution in [-0.4, -0.2) is 49.1 Å². The van der Waals surface area contributed by atoms with Crippen molar-refractivity contribution in [3.05, 3.63) is 65.7 Å². The van der Waals surface area contributed by atoms with Gasteiger partial charge in [-0.3, -0.25) is 4.79 Å². The standard InChI is InChI=1S/C21H24N2O4S2/c1-28-12-11-26-21(25)14-27-19-9-7-17(8-10-19)13-22-23-20(24)16-29-15-18-5-3-2-4-6-18/h2-10,13H,11-12,14-16H2,1H3,(H,23,24)/b22-13+. The van der Waals surface area contributed by atoms with E-state index in [0.29, 0.717) is 18.1 Å². The Morgan fingerprint density at radius 3 is 2.59 bits per heavy atom. The van der Waals surface area contributed by atoms with Gasteiger partial charge in [0.1, 0.15) is 12.4 Å². The first-order valence-corrected chi connectivity index (χ1v) is 11.5. The SMILES string of the molecule is CSCCOC(=O)COc1ccc(/C=N/NC(=O)CSCc2ccccc2)cc1. The van der Waals surface area contributed by atoms with Crippen molar-refractivity contribution in [1.82, 2.24) is 5.43 Å². The molecule has 0 spiro atoms. The third kappa shape index (κ3) is 10.0. The summed E-state index contributed by atoms with van der Waals surface area (Å²) >= 11 is 3.15. The summed E-state index contributed by atoms with van der Waals surface area (Å²) in [6.07, 6.45) is 3.51. The third-order valence-corrected chi connectivity index (χ3v) is 5.11. The minimum absolute atomic E-state index is 0.126. The average molecular weight is 433 g/mol. The highest BCUT2D eigenvalue weighted by Gasteiger charge is 2.04. The first kappa shape index (κ1) is 22.8. The first-order chi connectivity index (χ1) is 14.2. The molecule has 0 aliphatic heterocycles. The van der Waals surface area contributed by atoms with Crippen molar-refractivity contribution in [2.45, 2.75) is 5.75 Å². The number of benzene rings is 2. The van der Waals surface area contributed by atoms with Gasteiger partial charge in [-0.05, 0) is 41.6 Å². The molecule has 0 radical (unpaired) electrons. The molecule has 0 aliphatic rings. The molecule has 2 aromatic rings. The van der Waals surface area contributed by atoms with Crippen LogP contribution < -0.4 is 10.2 Å². The maximum Gasteiger partial charge on any atom is 0.344 e. The lowest BCUT2D eigenvalue weighted by Crippen LogP contribution is -2.19. The van der Waals surface area contributed by atoms with Gasteiger partial charge in [-0.25, -0.2) is 10.2 Å². The second kappa shape index (κ2) is 13.7. The summed E-state index contributed by atoms with van der Waals surface area (Å²) in [7, 11) is 0. The zero-order valence-corrected chi connectivity index (χ0v) is 17.8. The molecule has 0 aromatic heterocycles. The predicted octanol–water partition coefficient (Wildman–Crippen LogP) is 3.36. The first-order valence-electron chi connectivity index (χ1n) is 8.98. The lowest BCUT2D eigenvalue weighted by molar-refractivity contribution is -0.145. The van der Waals surface area contributed by atoms with E-state index in [2.05, 4.69) is 10.5 Å². The van der Waals surface area contributed by atoms with Gasteiger partial charge >= 0.3 is 5.97 Å². The van der Waals surface area contributed by atoms with Crippen LogP contribution in [0.4, 0.5) is 0 Å². The predicted molar refractivity (Wildman–Crippen MR) is 120 cm³/mol. The van der Waals surface area contributed by atoms with Crippen LogP contribution in [0.5, 0.6) is 5.75 Å². The Morgan fingerprint density at radius 2 is 1.86 bits per heavy atom. The smallest absolute Gasteiger partial charge is 0.344 e. The second-order valence-electron chi connectivity index (χ2n) is 5.84. The molecule has 0 fully saturated rings. The second-order valence-corrected chi connectivity index (χ2v) is 7.81. The van der Waals surface area contributed by atoms with Gasteiger partial charge in [-0.2, -0.15) is 16.9 Å². The quantitative estimate of drug-likeness (QED) is 0.240. The van der Waals surface area contributed by atoms with Crippen LogP contribution in [0.15, 0.2) is 59.7 Å². The molecule has 0 saturated carbocycles. The van der Waals surface area contributed by atoms with Crippen LogP contribution in [0, 0.1) is 0 Å². The number of rotatable bonds is 12. The van der Waals surface area contributed by atoms with Crippen molar-refractivity contribution in [2.24, 2.45) is 5.10 Å². The maximum absolute atomic E-state index is 11.8. The molecule has 1 amide bonds. The van der Waals surface area contributed by atoms with Crippen molar-refractivity contribution in [3.63, 3.8) is 0 Å². The molecule has 0 aliphatic carbocycles. The van der Waals surface area contributed by atoms with Gasteiger partial charge in [0.05, 0.1) is 12.0 Å². The Labute approximate surface area is 179 Å². The number of hydrogen-bond donors (Lipinski definition) is 1. The number of amides is 1. The summed E-state index contributed by atoms with van der Waals surface area (Å²) in [4.78, 5) is 23.3. The van der Waals surface area contributed by atoms with E-state index in [1.165, 1.54) is 17.3 Å². The van der Waals surface area contributed by atoms with Crippen LogP contribution in [0.3, 0.4) is 0 Å². The van der Waals surface area contributed by atoms with E-state index in [1.807, 2.05) is 36.6 Å².